The fourth-order valence-corrected chi connectivity index (χ4v) is 7.40. The van der Waals surface area contributed by atoms with Crippen LogP contribution in [0, 0.1) is 0 Å². The number of rotatable bonds is 45. The van der Waals surface area contributed by atoms with E-state index >= 15 is 0 Å². The van der Waals surface area contributed by atoms with Gasteiger partial charge in [-0.2, -0.15) is 0 Å². The zero-order valence-corrected chi connectivity index (χ0v) is 40.0. The Labute approximate surface area is 377 Å². The predicted molar refractivity (Wildman–Crippen MR) is 264 cm³/mol. The van der Waals surface area contributed by atoms with Crippen molar-refractivity contribution >= 4 is 11.9 Å². The van der Waals surface area contributed by atoms with E-state index in [1.807, 2.05) is 0 Å². The van der Waals surface area contributed by atoms with Crippen LogP contribution in [0.3, 0.4) is 0 Å². The first-order chi connectivity index (χ1) is 30.0. The summed E-state index contributed by atoms with van der Waals surface area (Å²) in [6, 6.07) is -0.722. The Kier molecular flexibility index (Phi) is 46.2. The van der Waals surface area contributed by atoms with Crippen molar-refractivity contribution in [2.75, 3.05) is 6.61 Å². The molecule has 61 heavy (non-hydrogen) atoms. The van der Waals surface area contributed by atoms with E-state index in [0.717, 1.165) is 89.9 Å². The SMILES string of the molecule is CC/C=C/C/C=C/C/C=C/C/C=C/CCCC(CC(=O)NC(CO)C(O)CCCCCCCCCCCCC)OC(=O)CCCCCCCCC/C=C\C/C=C\CCCCC. The number of amides is 1. The number of allylic oxidation sites excluding steroid dienone is 12. The maximum atomic E-state index is 13.2. The Morgan fingerprint density at radius 2 is 0.902 bits per heavy atom. The molecule has 0 saturated heterocycles. The molecule has 0 aliphatic rings. The summed E-state index contributed by atoms with van der Waals surface area (Å²) in [5.41, 5.74) is 0. The lowest BCUT2D eigenvalue weighted by Crippen LogP contribution is -2.46. The lowest BCUT2D eigenvalue weighted by Gasteiger charge is -2.24. The molecule has 0 bridgehead atoms. The highest BCUT2D eigenvalue weighted by molar-refractivity contribution is 5.77. The first kappa shape index (κ1) is 58.3. The van der Waals surface area contributed by atoms with Gasteiger partial charge in [-0.15, -0.1) is 0 Å². The molecule has 0 aliphatic carbocycles. The van der Waals surface area contributed by atoms with Crippen molar-refractivity contribution in [1.29, 1.82) is 0 Å². The zero-order chi connectivity index (χ0) is 44.5. The third kappa shape index (κ3) is 43.7. The van der Waals surface area contributed by atoms with Crippen LogP contribution in [0.4, 0.5) is 0 Å². The highest BCUT2D eigenvalue weighted by Crippen LogP contribution is 2.17. The van der Waals surface area contributed by atoms with Gasteiger partial charge in [0.15, 0.2) is 0 Å². The Morgan fingerprint density at radius 1 is 0.492 bits per heavy atom. The number of unbranched alkanes of at least 4 members (excludes halogenated alkanes) is 21. The van der Waals surface area contributed by atoms with Gasteiger partial charge in [-0.1, -0.05) is 209 Å². The van der Waals surface area contributed by atoms with Gasteiger partial charge in [0, 0.05) is 6.42 Å². The number of aliphatic hydroxyl groups excluding tert-OH is 2. The average molecular weight is 852 g/mol. The summed E-state index contributed by atoms with van der Waals surface area (Å²) < 4.78 is 5.90. The molecular weight excluding hydrogens is 755 g/mol. The molecule has 3 N–H and O–H groups in total. The van der Waals surface area contributed by atoms with Gasteiger partial charge in [-0.3, -0.25) is 9.59 Å². The Bertz CT molecular complexity index is 1140. The molecule has 6 heteroatoms. The van der Waals surface area contributed by atoms with Gasteiger partial charge < -0.3 is 20.3 Å². The van der Waals surface area contributed by atoms with Gasteiger partial charge >= 0.3 is 5.97 Å². The quantitative estimate of drug-likeness (QED) is 0.0322. The van der Waals surface area contributed by atoms with Crippen molar-refractivity contribution in [3.05, 3.63) is 72.9 Å². The van der Waals surface area contributed by atoms with Gasteiger partial charge in [0.1, 0.15) is 6.10 Å². The van der Waals surface area contributed by atoms with E-state index in [2.05, 4.69) is 99.0 Å². The number of esters is 1. The van der Waals surface area contributed by atoms with E-state index in [9.17, 15) is 19.8 Å². The number of nitrogens with one attached hydrogen (secondary N) is 1. The predicted octanol–water partition coefficient (Wildman–Crippen LogP) is 15.4. The van der Waals surface area contributed by atoms with Crippen LogP contribution in [0.2, 0.25) is 0 Å². The van der Waals surface area contributed by atoms with Gasteiger partial charge in [0.05, 0.1) is 25.2 Å². The first-order valence-electron chi connectivity index (χ1n) is 25.7. The summed E-state index contributed by atoms with van der Waals surface area (Å²) >= 11 is 0. The van der Waals surface area contributed by atoms with Crippen LogP contribution < -0.4 is 5.32 Å². The molecule has 1 amide bonds. The molecule has 352 valence electrons. The smallest absolute Gasteiger partial charge is 0.306 e. The van der Waals surface area contributed by atoms with Crippen molar-refractivity contribution in [2.45, 2.75) is 257 Å². The number of carbonyl (C=O) groups excluding carboxylic acids is 2. The maximum absolute atomic E-state index is 13.2. The summed E-state index contributed by atoms with van der Waals surface area (Å²) in [6.07, 6.45) is 61.1. The third-order valence-electron chi connectivity index (χ3n) is 11.3. The normalized spacial score (nSPS) is 13.9. The molecule has 0 saturated carbocycles. The first-order valence-corrected chi connectivity index (χ1v) is 25.7. The van der Waals surface area contributed by atoms with Crippen molar-refractivity contribution in [2.24, 2.45) is 0 Å². The van der Waals surface area contributed by atoms with Crippen LogP contribution in [-0.2, 0) is 14.3 Å². The van der Waals surface area contributed by atoms with Gasteiger partial charge in [-0.25, -0.2) is 0 Å². The molecule has 0 radical (unpaired) electrons. The van der Waals surface area contributed by atoms with Crippen LogP contribution in [0.25, 0.3) is 0 Å². The molecule has 0 aromatic heterocycles. The van der Waals surface area contributed by atoms with Crippen LogP contribution in [0.5, 0.6) is 0 Å². The molecule has 0 aliphatic heterocycles. The molecule has 0 rings (SSSR count). The monoisotopic (exact) mass is 852 g/mol. The highest BCUT2D eigenvalue weighted by Gasteiger charge is 2.24. The summed E-state index contributed by atoms with van der Waals surface area (Å²) in [5, 5.41) is 23.7. The lowest BCUT2D eigenvalue weighted by molar-refractivity contribution is -0.151. The van der Waals surface area contributed by atoms with Gasteiger partial charge in [0.25, 0.3) is 0 Å². The minimum Gasteiger partial charge on any atom is -0.462 e. The Balaban J connectivity index is 4.67. The second-order valence-corrected chi connectivity index (χ2v) is 17.2. The van der Waals surface area contributed by atoms with Crippen molar-refractivity contribution < 1.29 is 24.5 Å². The van der Waals surface area contributed by atoms with E-state index in [1.165, 1.54) is 103 Å². The van der Waals surface area contributed by atoms with E-state index in [4.69, 9.17) is 4.74 Å². The highest BCUT2D eigenvalue weighted by atomic mass is 16.5. The molecule has 6 nitrogen and oxygen atoms in total. The number of aliphatic hydroxyl groups is 2. The van der Waals surface area contributed by atoms with Crippen LogP contribution in [0.15, 0.2) is 72.9 Å². The van der Waals surface area contributed by atoms with E-state index in [-0.39, 0.29) is 24.9 Å². The van der Waals surface area contributed by atoms with Crippen molar-refractivity contribution in [1.82, 2.24) is 5.32 Å². The van der Waals surface area contributed by atoms with E-state index in [0.29, 0.717) is 19.3 Å². The summed E-state index contributed by atoms with van der Waals surface area (Å²) in [4.78, 5) is 26.1. The number of hydrogen-bond acceptors (Lipinski definition) is 5. The standard InChI is InChI=1S/C55H97NO5/c1-4-7-10-13-16-19-22-24-26-27-28-30-33-36-39-42-45-48-55(60)61-51(46-43-40-37-34-32-29-25-23-20-17-14-11-8-5-2)49-54(59)56-52(50-57)53(58)47-44-41-38-35-31-21-18-15-12-9-6-3/h8,11,16-17,19-20,24-26,29,34,37,51-53,57-58H,4-7,9-10,12-15,18,21-23,27-28,30-33,35-36,38-50H2,1-3H3,(H,56,59)/b11-8+,19-16-,20-17+,26-24-,29-25+,37-34+. The molecule has 0 aromatic carbocycles. The third-order valence-corrected chi connectivity index (χ3v) is 11.3. The lowest BCUT2D eigenvalue weighted by atomic mass is 10.0. The van der Waals surface area contributed by atoms with E-state index in [1.54, 1.807) is 0 Å². The number of ether oxygens (including phenoxy) is 1. The molecule has 0 fully saturated rings. The summed E-state index contributed by atoms with van der Waals surface area (Å²) in [5.74, 6) is -0.539. The molecule has 3 unspecified atom stereocenters. The van der Waals surface area contributed by atoms with Crippen LogP contribution in [-0.4, -0.2) is 46.9 Å². The average Bonchev–Trinajstić information content (AvgIpc) is 3.25. The fraction of sp³-hybridized carbons (Fsp3) is 0.745. The van der Waals surface area contributed by atoms with Gasteiger partial charge in [-0.05, 0) is 89.9 Å². The second kappa shape index (κ2) is 48.3. The summed E-state index contributed by atoms with van der Waals surface area (Å²) in [7, 11) is 0. The topological polar surface area (TPSA) is 95.9 Å². The number of carbonyl (C=O) groups is 2. The van der Waals surface area contributed by atoms with E-state index < -0.39 is 18.2 Å². The second-order valence-electron chi connectivity index (χ2n) is 17.2. The maximum Gasteiger partial charge on any atom is 0.306 e. The Morgan fingerprint density at radius 3 is 1.41 bits per heavy atom. The number of hydrogen-bond donors (Lipinski definition) is 3. The van der Waals surface area contributed by atoms with Crippen molar-refractivity contribution in [3.8, 4) is 0 Å². The minimum atomic E-state index is -0.805. The fourth-order valence-electron chi connectivity index (χ4n) is 7.40. The van der Waals surface area contributed by atoms with Crippen LogP contribution in [0.1, 0.15) is 239 Å². The molecule has 0 aromatic rings. The molecule has 0 spiro atoms. The largest absolute Gasteiger partial charge is 0.462 e. The molecule has 3 atom stereocenters. The zero-order valence-electron chi connectivity index (χ0n) is 40.0. The summed E-state index contributed by atoms with van der Waals surface area (Å²) in [6.45, 7) is 6.32. The van der Waals surface area contributed by atoms with Crippen molar-refractivity contribution in [3.63, 3.8) is 0 Å². The minimum absolute atomic E-state index is 0.0343. The molecule has 0 heterocycles. The van der Waals surface area contributed by atoms with Crippen LogP contribution >= 0.6 is 0 Å². The molecular formula is C55H97NO5. The van der Waals surface area contributed by atoms with Gasteiger partial charge in [0.2, 0.25) is 5.91 Å². The Hall–Kier alpha value is -2.70.